The fourth-order valence-corrected chi connectivity index (χ4v) is 3.26. The van der Waals surface area contributed by atoms with Gasteiger partial charge < -0.3 is 9.88 Å². The first-order valence-electron chi connectivity index (χ1n) is 9.61. The highest BCUT2D eigenvalue weighted by atomic mass is 16.2. The van der Waals surface area contributed by atoms with Gasteiger partial charge in [-0.1, -0.05) is 37.3 Å². The summed E-state index contributed by atoms with van der Waals surface area (Å²) in [6.07, 6.45) is 1.84. The van der Waals surface area contributed by atoms with E-state index in [1.807, 2.05) is 45.0 Å². The Bertz CT molecular complexity index is 765. The molecule has 0 saturated carbocycles. The first-order chi connectivity index (χ1) is 12.9. The van der Waals surface area contributed by atoms with E-state index < -0.39 is 0 Å². The average molecular weight is 370 g/mol. The lowest BCUT2D eigenvalue weighted by Crippen LogP contribution is -2.37. The van der Waals surface area contributed by atoms with Gasteiger partial charge in [0.2, 0.25) is 5.91 Å². The van der Waals surface area contributed by atoms with Crippen molar-refractivity contribution in [2.24, 2.45) is 0 Å². The van der Waals surface area contributed by atoms with Crippen molar-refractivity contribution in [3.05, 3.63) is 58.9 Å². The van der Waals surface area contributed by atoms with Crippen LogP contribution in [0, 0.1) is 13.8 Å². The van der Waals surface area contributed by atoms with Crippen LogP contribution in [-0.4, -0.2) is 47.8 Å². The van der Waals surface area contributed by atoms with Gasteiger partial charge in [-0.05, 0) is 45.4 Å². The summed E-state index contributed by atoms with van der Waals surface area (Å²) in [6.45, 7) is 8.05. The van der Waals surface area contributed by atoms with E-state index >= 15 is 0 Å². The lowest BCUT2D eigenvalue weighted by molar-refractivity contribution is -0.121. The standard InChI is InChI=1S/C22H31N3O2/c1-5-12-23-22(27)16-24(4)15-21(26)20-14-17(2)25(18(20)3)13-11-19-9-7-6-8-10-19/h6-10,14H,5,11-13,15-16H2,1-4H3,(H,23,27). The number of benzene rings is 1. The second-order valence-corrected chi connectivity index (χ2v) is 7.12. The smallest absolute Gasteiger partial charge is 0.234 e. The number of nitrogens with zero attached hydrogens (tertiary/aromatic N) is 2. The Morgan fingerprint density at radius 3 is 2.48 bits per heavy atom. The quantitative estimate of drug-likeness (QED) is 0.655. The molecule has 0 spiro atoms. The van der Waals surface area contributed by atoms with Crippen LogP contribution in [0.25, 0.3) is 0 Å². The van der Waals surface area contributed by atoms with Gasteiger partial charge in [0.25, 0.3) is 0 Å². The molecule has 0 aliphatic carbocycles. The van der Waals surface area contributed by atoms with Gasteiger partial charge in [-0.25, -0.2) is 0 Å². The molecule has 27 heavy (non-hydrogen) atoms. The Balaban J connectivity index is 1.97. The fraction of sp³-hybridized carbons (Fsp3) is 0.455. The molecule has 5 heteroatoms. The molecule has 1 amide bonds. The zero-order valence-corrected chi connectivity index (χ0v) is 16.9. The van der Waals surface area contributed by atoms with Gasteiger partial charge in [-0.15, -0.1) is 0 Å². The number of Topliss-reactive ketones (excluding diaryl/α,β-unsaturated/α-hetero) is 1. The SMILES string of the molecule is CCCNC(=O)CN(C)CC(=O)c1cc(C)n(CCc2ccccc2)c1C. The Kier molecular flexibility index (Phi) is 7.80. The summed E-state index contributed by atoms with van der Waals surface area (Å²) in [5.74, 6) is 0.0142. The number of carbonyl (C=O) groups is 2. The molecular weight excluding hydrogens is 338 g/mol. The number of hydrogen-bond acceptors (Lipinski definition) is 3. The Hall–Kier alpha value is -2.40. The van der Waals surface area contributed by atoms with Gasteiger partial charge in [-0.2, -0.15) is 0 Å². The van der Waals surface area contributed by atoms with E-state index in [2.05, 4.69) is 22.0 Å². The zero-order valence-electron chi connectivity index (χ0n) is 16.9. The van der Waals surface area contributed by atoms with Crippen molar-refractivity contribution in [1.82, 2.24) is 14.8 Å². The Morgan fingerprint density at radius 1 is 1.11 bits per heavy atom. The fourth-order valence-electron chi connectivity index (χ4n) is 3.26. The van der Waals surface area contributed by atoms with Crippen LogP contribution in [0.3, 0.4) is 0 Å². The highest BCUT2D eigenvalue weighted by Crippen LogP contribution is 2.17. The number of aryl methyl sites for hydroxylation is 2. The van der Waals surface area contributed by atoms with Crippen molar-refractivity contribution >= 4 is 11.7 Å². The highest BCUT2D eigenvalue weighted by molar-refractivity contribution is 5.99. The molecule has 1 aromatic carbocycles. The summed E-state index contributed by atoms with van der Waals surface area (Å²) in [4.78, 5) is 26.3. The normalized spacial score (nSPS) is 11.0. The maximum absolute atomic E-state index is 12.7. The number of likely N-dealkylation sites (N-methyl/N-ethyl adjacent to an activating group) is 1. The van der Waals surface area contributed by atoms with E-state index in [1.54, 1.807) is 11.9 Å². The monoisotopic (exact) mass is 369 g/mol. The third-order valence-electron chi connectivity index (χ3n) is 4.74. The van der Waals surface area contributed by atoms with Crippen LogP contribution in [0.5, 0.6) is 0 Å². The van der Waals surface area contributed by atoms with Crippen LogP contribution in [0.1, 0.15) is 40.7 Å². The first kappa shape index (κ1) is 20.9. The predicted octanol–water partition coefficient (Wildman–Crippen LogP) is 2.99. The molecule has 2 rings (SSSR count). The predicted molar refractivity (Wildman–Crippen MR) is 109 cm³/mol. The molecule has 0 radical (unpaired) electrons. The van der Waals surface area contributed by atoms with E-state index in [1.165, 1.54) is 5.56 Å². The Labute approximate surface area is 162 Å². The largest absolute Gasteiger partial charge is 0.355 e. The van der Waals surface area contributed by atoms with Crippen LogP contribution in [-0.2, 0) is 17.8 Å². The molecule has 1 heterocycles. The number of amides is 1. The van der Waals surface area contributed by atoms with E-state index in [0.29, 0.717) is 6.54 Å². The molecule has 0 unspecified atom stereocenters. The molecule has 1 aromatic heterocycles. The summed E-state index contributed by atoms with van der Waals surface area (Å²) in [6, 6.07) is 12.3. The summed E-state index contributed by atoms with van der Waals surface area (Å²) < 4.78 is 2.20. The molecule has 0 bridgehead atoms. The molecule has 2 aromatic rings. The van der Waals surface area contributed by atoms with Gasteiger partial charge in [0.05, 0.1) is 13.1 Å². The van der Waals surface area contributed by atoms with Gasteiger partial charge in [0.1, 0.15) is 0 Å². The van der Waals surface area contributed by atoms with Crippen LogP contribution in [0.15, 0.2) is 36.4 Å². The molecule has 0 atom stereocenters. The first-order valence-corrected chi connectivity index (χ1v) is 9.61. The number of aromatic nitrogens is 1. The van der Waals surface area contributed by atoms with Crippen molar-refractivity contribution in [3.63, 3.8) is 0 Å². The zero-order chi connectivity index (χ0) is 19.8. The molecule has 0 fully saturated rings. The van der Waals surface area contributed by atoms with E-state index in [-0.39, 0.29) is 24.8 Å². The summed E-state index contributed by atoms with van der Waals surface area (Å²) >= 11 is 0. The molecule has 0 aliphatic heterocycles. The minimum atomic E-state index is -0.0412. The summed E-state index contributed by atoms with van der Waals surface area (Å²) in [5, 5.41) is 2.84. The van der Waals surface area contributed by atoms with E-state index in [0.717, 1.165) is 36.3 Å². The van der Waals surface area contributed by atoms with Crippen LogP contribution >= 0.6 is 0 Å². The van der Waals surface area contributed by atoms with Crippen molar-refractivity contribution in [1.29, 1.82) is 0 Å². The molecule has 0 aliphatic rings. The average Bonchev–Trinajstić information content (AvgIpc) is 2.93. The third-order valence-corrected chi connectivity index (χ3v) is 4.74. The maximum Gasteiger partial charge on any atom is 0.234 e. The minimum absolute atomic E-state index is 0.0412. The van der Waals surface area contributed by atoms with Gasteiger partial charge >= 0.3 is 0 Å². The number of ketones is 1. The van der Waals surface area contributed by atoms with Gasteiger partial charge in [0, 0.05) is 30.0 Å². The summed E-state index contributed by atoms with van der Waals surface area (Å²) in [7, 11) is 1.80. The van der Waals surface area contributed by atoms with Crippen molar-refractivity contribution in [3.8, 4) is 0 Å². The highest BCUT2D eigenvalue weighted by Gasteiger charge is 2.18. The molecule has 0 saturated heterocycles. The van der Waals surface area contributed by atoms with Crippen LogP contribution in [0.4, 0.5) is 0 Å². The second kappa shape index (κ2) is 10.1. The van der Waals surface area contributed by atoms with Crippen molar-refractivity contribution < 1.29 is 9.59 Å². The minimum Gasteiger partial charge on any atom is -0.355 e. The number of rotatable bonds is 10. The number of nitrogens with one attached hydrogen (secondary N) is 1. The van der Waals surface area contributed by atoms with Crippen LogP contribution < -0.4 is 5.32 Å². The molecule has 146 valence electrons. The Morgan fingerprint density at radius 2 is 1.81 bits per heavy atom. The second-order valence-electron chi connectivity index (χ2n) is 7.12. The van der Waals surface area contributed by atoms with Gasteiger partial charge in [0.15, 0.2) is 5.78 Å². The third kappa shape index (κ3) is 6.07. The number of hydrogen-bond donors (Lipinski definition) is 1. The van der Waals surface area contributed by atoms with Gasteiger partial charge in [-0.3, -0.25) is 14.5 Å². The van der Waals surface area contributed by atoms with Crippen LogP contribution in [0.2, 0.25) is 0 Å². The van der Waals surface area contributed by atoms with E-state index in [4.69, 9.17) is 0 Å². The lowest BCUT2D eigenvalue weighted by Gasteiger charge is -2.15. The summed E-state index contributed by atoms with van der Waals surface area (Å²) in [5.41, 5.74) is 4.13. The lowest BCUT2D eigenvalue weighted by atomic mass is 10.1. The topological polar surface area (TPSA) is 54.3 Å². The van der Waals surface area contributed by atoms with Crippen molar-refractivity contribution in [2.45, 2.75) is 40.2 Å². The molecule has 5 nitrogen and oxygen atoms in total. The number of carbonyl (C=O) groups excluding carboxylic acids is 2. The maximum atomic E-state index is 12.7. The molecular formula is C22H31N3O2. The van der Waals surface area contributed by atoms with Crippen molar-refractivity contribution in [2.75, 3.05) is 26.7 Å². The molecule has 1 N–H and O–H groups in total. The van der Waals surface area contributed by atoms with E-state index in [9.17, 15) is 9.59 Å².